The van der Waals surface area contributed by atoms with Crippen molar-refractivity contribution >= 4 is 11.4 Å². The van der Waals surface area contributed by atoms with Crippen molar-refractivity contribution < 1.29 is 18.9 Å². The smallest absolute Gasteiger partial charge is 0.276 e. The van der Waals surface area contributed by atoms with Crippen LogP contribution >= 0.6 is 0 Å². The number of nitrogens with zero attached hydrogens (tertiary/aromatic N) is 4. The molecule has 24 heavy (non-hydrogen) atoms. The molecular weight excluding hydrogens is 312 g/mol. The van der Waals surface area contributed by atoms with E-state index in [1.807, 2.05) is 0 Å². The SMILES string of the molecule is [C-]#[N+]C(C#N)=c1c(OC)c(OC)c(=C(C#N)[N+]#[C-])c(OC)c1OC. The molecule has 0 atom stereocenters. The second-order valence-electron chi connectivity index (χ2n) is 4.03. The highest BCUT2D eigenvalue weighted by Crippen LogP contribution is 2.31. The van der Waals surface area contributed by atoms with E-state index in [4.69, 9.17) is 32.1 Å². The molecule has 0 aliphatic heterocycles. The van der Waals surface area contributed by atoms with Gasteiger partial charge in [0, 0.05) is 0 Å². The Morgan fingerprint density at radius 3 is 1.08 bits per heavy atom. The molecule has 1 aromatic rings. The van der Waals surface area contributed by atoms with Crippen LogP contribution in [0.3, 0.4) is 0 Å². The molecule has 1 rings (SSSR count). The summed E-state index contributed by atoms with van der Waals surface area (Å²) in [5, 5.41) is 18.5. The minimum Gasteiger partial charge on any atom is -0.493 e. The number of methoxy groups -OCH3 is 4. The van der Waals surface area contributed by atoms with Crippen LogP contribution in [0.1, 0.15) is 0 Å². The van der Waals surface area contributed by atoms with Gasteiger partial charge in [-0.1, -0.05) is 0 Å². The lowest BCUT2D eigenvalue weighted by Gasteiger charge is -2.17. The fourth-order valence-electron chi connectivity index (χ4n) is 2.14. The Morgan fingerprint density at radius 2 is 0.958 bits per heavy atom. The average Bonchev–Trinajstić information content (AvgIpc) is 2.62. The van der Waals surface area contributed by atoms with Gasteiger partial charge >= 0.3 is 0 Å². The molecule has 0 aliphatic carbocycles. The normalized spacial score (nSPS) is 8.67. The zero-order valence-electron chi connectivity index (χ0n) is 13.4. The Balaban J connectivity index is 4.59. The first-order valence-electron chi connectivity index (χ1n) is 6.29. The summed E-state index contributed by atoms with van der Waals surface area (Å²) in [4.78, 5) is 6.32. The van der Waals surface area contributed by atoms with Crippen LogP contribution in [0, 0.1) is 35.8 Å². The fraction of sp³-hybridized carbons (Fsp3) is 0.250. The molecule has 0 unspecified atom stereocenters. The molecule has 0 heterocycles. The van der Waals surface area contributed by atoms with Crippen molar-refractivity contribution in [1.82, 2.24) is 0 Å². The van der Waals surface area contributed by atoms with Crippen molar-refractivity contribution in [2.24, 2.45) is 0 Å². The van der Waals surface area contributed by atoms with Crippen LogP contribution in [0.4, 0.5) is 0 Å². The second kappa shape index (κ2) is 7.94. The summed E-state index contributed by atoms with van der Waals surface area (Å²) in [6.45, 7) is 14.3. The van der Waals surface area contributed by atoms with Crippen molar-refractivity contribution in [2.45, 2.75) is 0 Å². The van der Waals surface area contributed by atoms with Crippen LogP contribution < -0.4 is 29.4 Å². The van der Waals surface area contributed by atoms with Gasteiger partial charge in [-0.05, 0) is 0 Å². The van der Waals surface area contributed by atoms with Crippen LogP contribution in [0.15, 0.2) is 0 Å². The van der Waals surface area contributed by atoms with Gasteiger partial charge in [-0.3, -0.25) is 0 Å². The number of benzene rings is 1. The summed E-state index contributed by atoms with van der Waals surface area (Å²) < 4.78 is 21.1. The Hall–Kier alpha value is -3.88. The van der Waals surface area contributed by atoms with E-state index in [2.05, 4.69) is 9.69 Å². The summed E-state index contributed by atoms with van der Waals surface area (Å²) in [7, 11) is 5.22. The van der Waals surface area contributed by atoms with Crippen molar-refractivity contribution in [3.63, 3.8) is 0 Å². The zero-order valence-corrected chi connectivity index (χ0v) is 13.4. The van der Waals surface area contributed by atoms with E-state index < -0.39 is 0 Å². The number of hydrogen-bond acceptors (Lipinski definition) is 6. The van der Waals surface area contributed by atoms with Gasteiger partial charge in [-0.2, -0.15) is 0 Å². The quantitative estimate of drug-likeness (QED) is 0.761. The Bertz CT molecular complexity index is 803. The lowest BCUT2D eigenvalue weighted by molar-refractivity contribution is 0.320. The molecule has 0 saturated carbocycles. The molecule has 8 nitrogen and oxygen atoms in total. The van der Waals surface area contributed by atoms with Gasteiger partial charge in [-0.25, -0.2) is 20.2 Å². The van der Waals surface area contributed by atoms with E-state index in [-0.39, 0.29) is 44.8 Å². The summed E-state index contributed by atoms with van der Waals surface area (Å²) in [6, 6.07) is 3.51. The molecule has 0 amide bonds. The van der Waals surface area contributed by atoms with Crippen LogP contribution in [0.5, 0.6) is 23.0 Å². The van der Waals surface area contributed by atoms with E-state index in [0.717, 1.165) is 0 Å². The van der Waals surface area contributed by atoms with Gasteiger partial charge in [0.15, 0.2) is 23.0 Å². The highest BCUT2D eigenvalue weighted by molar-refractivity contribution is 5.78. The Labute approximate surface area is 138 Å². The van der Waals surface area contributed by atoms with Crippen LogP contribution in [0.2, 0.25) is 0 Å². The lowest BCUT2D eigenvalue weighted by atomic mass is 10.1. The summed E-state index contributed by atoms with van der Waals surface area (Å²) in [6.07, 6.45) is 0. The number of hydrogen-bond donors (Lipinski definition) is 0. The molecule has 1 aromatic carbocycles. The van der Waals surface area contributed by atoms with Gasteiger partial charge in [0.25, 0.3) is 11.4 Å². The molecule has 0 aliphatic rings. The molecular formula is C16H12N4O4. The topological polar surface area (TPSA) is 93.2 Å². The largest absolute Gasteiger partial charge is 0.493 e. The predicted octanol–water partition coefficient (Wildman–Crippen LogP) is 0.823. The minimum absolute atomic E-state index is 0.00546. The first kappa shape index (κ1) is 18.2. The zero-order chi connectivity index (χ0) is 18.3. The second-order valence-corrected chi connectivity index (χ2v) is 4.03. The van der Waals surface area contributed by atoms with Crippen molar-refractivity contribution in [3.05, 3.63) is 33.3 Å². The van der Waals surface area contributed by atoms with Crippen molar-refractivity contribution in [1.29, 1.82) is 10.5 Å². The molecule has 0 saturated heterocycles. The van der Waals surface area contributed by atoms with E-state index >= 15 is 0 Å². The monoisotopic (exact) mass is 324 g/mol. The molecule has 120 valence electrons. The van der Waals surface area contributed by atoms with Gasteiger partial charge in [0.1, 0.15) is 0 Å². The predicted molar refractivity (Wildman–Crippen MR) is 83.1 cm³/mol. The molecule has 0 N–H and O–H groups in total. The van der Waals surface area contributed by atoms with Gasteiger partial charge in [0.2, 0.25) is 0 Å². The summed E-state index contributed by atoms with van der Waals surface area (Å²) >= 11 is 0. The highest BCUT2D eigenvalue weighted by Gasteiger charge is 2.24. The first-order valence-corrected chi connectivity index (χ1v) is 6.29. The Kier molecular flexibility index (Phi) is 6.01. The lowest BCUT2D eigenvalue weighted by Crippen LogP contribution is -2.23. The van der Waals surface area contributed by atoms with Gasteiger partial charge in [0.05, 0.1) is 64.2 Å². The average molecular weight is 324 g/mol. The first-order chi connectivity index (χ1) is 11.6. The standard InChI is InChI=1S/C16H12N4O4/c1-19-9(7-17)11-13(21-3)15(23-5)12(10(8-18)20-2)16(24-6)14(11)22-4/h3-6H3. The molecule has 8 heteroatoms. The van der Waals surface area contributed by atoms with E-state index in [9.17, 15) is 10.5 Å². The minimum atomic E-state index is -0.312. The van der Waals surface area contributed by atoms with Crippen molar-refractivity contribution in [3.8, 4) is 35.1 Å². The molecule has 0 bridgehead atoms. The molecule has 0 aromatic heterocycles. The van der Waals surface area contributed by atoms with E-state index in [1.165, 1.54) is 28.4 Å². The third-order valence-electron chi connectivity index (χ3n) is 3.05. The Morgan fingerprint density at radius 1 is 0.708 bits per heavy atom. The number of nitriles is 2. The number of ether oxygens (including phenoxy) is 4. The number of rotatable bonds is 4. The van der Waals surface area contributed by atoms with Crippen LogP contribution in [0.25, 0.3) is 21.1 Å². The van der Waals surface area contributed by atoms with Gasteiger partial charge < -0.3 is 18.9 Å². The summed E-state index contributed by atoms with van der Waals surface area (Å²) in [5.74, 6) is -0.0219. The fourth-order valence-corrected chi connectivity index (χ4v) is 2.14. The third kappa shape index (κ3) is 2.73. The molecule has 0 spiro atoms. The van der Waals surface area contributed by atoms with Crippen LogP contribution in [-0.2, 0) is 0 Å². The maximum Gasteiger partial charge on any atom is 0.276 e. The van der Waals surface area contributed by atoms with Crippen LogP contribution in [-0.4, -0.2) is 28.4 Å². The molecule has 0 fully saturated rings. The maximum atomic E-state index is 9.22. The molecule has 0 radical (unpaired) electrons. The third-order valence-corrected chi connectivity index (χ3v) is 3.05. The van der Waals surface area contributed by atoms with Gasteiger partial charge in [-0.15, -0.1) is 0 Å². The highest BCUT2D eigenvalue weighted by atomic mass is 16.5. The van der Waals surface area contributed by atoms with Crippen molar-refractivity contribution in [2.75, 3.05) is 28.4 Å². The summed E-state index contributed by atoms with van der Waals surface area (Å²) in [5.41, 5.74) is -0.624. The van der Waals surface area contributed by atoms with E-state index in [1.54, 1.807) is 12.1 Å². The van der Waals surface area contributed by atoms with E-state index in [0.29, 0.717) is 0 Å². The maximum absolute atomic E-state index is 9.22.